The van der Waals surface area contributed by atoms with Crippen LogP contribution in [-0.4, -0.2) is 64.1 Å². The van der Waals surface area contributed by atoms with E-state index in [9.17, 15) is 4.79 Å². The number of aromatic nitrogens is 2. The molecule has 2 N–H and O–H groups in total. The number of benzene rings is 1. The maximum atomic E-state index is 12.2. The van der Waals surface area contributed by atoms with Gasteiger partial charge < -0.3 is 20.2 Å². The largest absolute Gasteiger partial charge is 0.400 e. The molecule has 3 heterocycles. The zero-order valence-corrected chi connectivity index (χ0v) is 21.1. The van der Waals surface area contributed by atoms with E-state index in [0.29, 0.717) is 25.0 Å². The third-order valence-electron chi connectivity index (χ3n) is 6.42. The highest BCUT2D eigenvalue weighted by molar-refractivity contribution is 5.77. The SMILES string of the molecule is CCC(=O)N1Cc2nc(NC3CCN(C)CC3)ncc2C1(C)C.CCc1ccccc1.CO. The molecule has 2 aliphatic rings. The number of rotatable bonds is 4. The first kappa shape index (κ1) is 26.7. The number of piperidine rings is 1. The standard InChI is InChI=1S/C17H27N5O.C8H10.CH4O/c1-5-15(23)22-11-14-13(17(22,2)3)10-18-16(20-14)19-12-6-8-21(4)9-7-12;1-2-8-6-4-3-5-7-8;1-2/h10,12H,5-9,11H2,1-4H3,(H,18,19,20);3-7H,2H2,1H3;2H,1H3. The summed E-state index contributed by atoms with van der Waals surface area (Å²) in [5, 5.41) is 10.5. The summed E-state index contributed by atoms with van der Waals surface area (Å²) < 4.78 is 0. The quantitative estimate of drug-likeness (QED) is 0.729. The van der Waals surface area contributed by atoms with Gasteiger partial charge in [0.2, 0.25) is 11.9 Å². The molecule has 7 heteroatoms. The maximum Gasteiger partial charge on any atom is 0.223 e. The topological polar surface area (TPSA) is 81.6 Å². The number of nitrogens with one attached hydrogen (secondary N) is 1. The van der Waals surface area contributed by atoms with Crippen LogP contribution in [0.15, 0.2) is 36.5 Å². The van der Waals surface area contributed by atoms with E-state index in [1.54, 1.807) is 0 Å². The summed E-state index contributed by atoms with van der Waals surface area (Å²) in [7, 11) is 3.16. The van der Waals surface area contributed by atoms with Gasteiger partial charge in [-0.2, -0.15) is 0 Å². The number of nitrogens with zero attached hydrogens (tertiary/aromatic N) is 4. The lowest BCUT2D eigenvalue weighted by atomic mass is 9.97. The van der Waals surface area contributed by atoms with E-state index in [2.05, 4.69) is 67.3 Å². The second-order valence-electron chi connectivity index (χ2n) is 9.01. The molecule has 0 saturated carbocycles. The highest BCUT2D eigenvalue weighted by Crippen LogP contribution is 2.38. The summed E-state index contributed by atoms with van der Waals surface area (Å²) >= 11 is 0. The second kappa shape index (κ2) is 12.7. The average molecular weight is 456 g/mol. The summed E-state index contributed by atoms with van der Waals surface area (Å²) in [6, 6.07) is 10.9. The number of fused-ring (bicyclic) bond motifs is 1. The molecule has 1 fully saturated rings. The first-order valence-corrected chi connectivity index (χ1v) is 12.0. The van der Waals surface area contributed by atoms with Gasteiger partial charge in [-0.15, -0.1) is 0 Å². The van der Waals surface area contributed by atoms with Crippen molar-refractivity contribution >= 4 is 11.9 Å². The van der Waals surface area contributed by atoms with Crippen LogP contribution in [-0.2, 0) is 23.3 Å². The predicted molar refractivity (Wildman–Crippen MR) is 134 cm³/mol. The van der Waals surface area contributed by atoms with Gasteiger partial charge >= 0.3 is 0 Å². The highest BCUT2D eigenvalue weighted by Gasteiger charge is 2.41. The third kappa shape index (κ3) is 6.98. The smallest absolute Gasteiger partial charge is 0.223 e. The summed E-state index contributed by atoms with van der Waals surface area (Å²) in [5.41, 5.74) is 3.12. The minimum atomic E-state index is -0.325. The number of hydrogen-bond acceptors (Lipinski definition) is 6. The average Bonchev–Trinajstić information content (AvgIpc) is 3.12. The zero-order chi connectivity index (χ0) is 24.4. The lowest BCUT2D eigenvalue weighted by Gasteiger charge is -2.31. The van der Waals surface area contributed by atoms with Gasteiger partial charge in [0.25, 0.3) is 0 Å². The normalized spacial score (nSPS) is 17.2. The molecule has 1 amide bonds. The van der Waals surface area contributed by atoms with E-state index in [1.165, 1.54) is 5.56 Å². The van der Waals surface area contributed by atoms with Gasteiger partial charge in [-0.05, 0) is 58.8 Å². The van der Waals surface area contributed by atoms with Crippen LogP contribution in [0.2, 0.25) is 0 Å². The number of hydrogen-bond donors (Lipinski definition) is 2. The van der Waals surface area contributed by atoms with Gasteiger partial charge in [-0.1, -0.05) is 44.2 Å². The number of carbonyl (C=O) groups is 1. The van der Waals surface area contributed by atoms with E-state index in [1.807, 2.05) is 24.1 Å². The minimum absolute atomic E-state index is 0.165. The Bertz CT molecular complexity index is 864. The van der Waals surface area contributed by atoms with Gasteiger partial charge in [0.1, 0.15) is 0 Å². The van der Waals surface area contributed by atoms with Crippen molar-refractivity contribution in [3.05, 3.63) is 53.3 Å². The van der Waals surface area contributed by atoms with Gasteiger partial charge in [0.05, 0.1) is 17.8 Å². The van der Waals surface area contributed by atoms with Crippen molar-refractivity contribution in [2.75, 3.05) is 32.6 Å². The zero-order valence-electron chi connectivity index (χ0n) is 21.1. The monoisotopic (exact) mass is 455 g/mol. The molecule has 1 saturated heterocycles. The van der Waals surface area contributed by atoms with Crippen LogP contribution in [0.3, 0.4) is 0 Å². The molecule has 4 rings (SSSR count). The molecular weight excluding hydrogens is 414 g/mol. The van der Waals surface area contributed by atoms with E-state index in [4.69, 9.17) is 10.1 Å². The molecule has 2 aliphatic heterocycles. The van der Waals surface area contributed by atoms with E-state index in [0.717, 1.165) is 50.7 Å². The molecule has 0 bridgehead atoms. The second-order valence-corrected chi connectivity index (χ2v) is 9.01. The van der Waals surface area contributed by atoms with E-state index in [-0.39, 0.29) is 11.4 Å². The van der Waals surface area contributed by atoms with Crippen molar-refractivity contribution in [1.82, 2.24) is 19.8 Å². The highest BCUT2D eigenvalue weighted by atomic mass is 16.2. The van der Waals surface area contributed by atoms with Crippen molar-refractivity contribution in [3.8, 4) is 0 Å². The van der Waals surface area contributed by atoms with Crippen molar-refractivity contribution in [3.63, 3.8) is 0 Å². The fraction of sp³-hybridized carbons (Fsp3) is 0.577. The van der Waals surface area contributed by atoms with E-state index >= 15 is 0 Å². The molecule has 33 heavy (non-hydrogen) atoms. The molecule has 0 aliphatic carbocycles. The number of aryl methyl sites for hydroxylation is 1. The number of anilines is 1. The predicted octanol–water partition coefficient (Wildman–Crippen LogP) is 3.83. The third-order valence-corrected chi connectivity index (χ3v) is 6.42. The summed E-state index contributed by atoms with van der Waals surface area (Å²) in [6.45, 7) is 11.0. The van der Waals surface area contributed by atoms with Crippen LogP contribution in [0, 0.1) is 0 Å². The first-order chi connectivity index (χ1) is 15.8. The summed E-state index contributed by atoms with van der Waals surface area (Å²) in [5.74, 6) is 0.859. The van der Waals surface area contributed by atoms with Crippen molar-refractivity contribution < 1.29 is 9.90 Å². The molecule has 182 valence electrons. The van der Waals surface area contributed by atoms with Crippen molar-refractivity contribution in [2.45, 2.75) is 71.5 Å². The summed E-state index contributed by atoms with van der Waals surface area (Å²) in [4.78, 5) is 25.6. The fourth-order valence-corrected chi connectivity index (χ4v) is 4.25. The molecule has 2 aromatic rings. The number of amides is 1. The van der Waals surface area contributed by atoms with Crippen LogP contribution >= 0.6 is 0 Å². The van der Waals surface area contributed by atoms with Crippen LogP contribution < -0.4 is 5.32 Å². The Morgan fingerprint density at radius 2 is 1.79 bits per heavy atom. The molecule has 0 unspecified atom stereocenters. The first-order valence-electron chi connectivity index (χ1n) is 12.0. The Balaban J connectivity index is 0.000000323. The van der Waals surface area contributed by atoms with E-state index < -0.39 is 0 Å². The Labute approximate surface area is 199 Å². The molecule has 7 nitrogen and oxygen atoms in total. The Morgan fingerprint density at radius 3 is 2.33 bits per heavy atom. The molecular formula is C26H41N5O2. The van der Waals surface area contributed by atoms with Crippen LogP contribution in [0.1, 0.15) is 63.8 Å². The van der Waals surface area contributed by atoms with Crippen LogP contribution in [0.5, 0.6) is 0 Å². The molecule has 1 aromatic heterocycles. The lowest BCUT2D eigenvalue weighted by molar-refractivity contribution is -0.136. The lowest BCUT2D eigenvalue weighted by Crippen LogP contribution is -2.39. The number of aliphatic hydroxyl groups is 1. The Hall–Kier alpha value is -2.51. The van der Waals surface area contributed by atoms with Gasteiger partial charge in [-0.25, -0.2) is 9.97 Å². The van der Waals surface area contributed by atoms with Gasteiger partial charge in [-0.3, -0.25) is 4.79 Å². The number of likely N-dealkylation sites (tertiary alicyclic amines) is 1. The number of aliphatic hydroxyl groups excluding tert-OH is 1. The maximum absolute atomic E-state index is 12.2. The number of carbonyl (C=O) groups excluding carboxylic acids is 1. The van der Waals surface area contributed by atoms with Crippen LogP contribution in [0.25, 0.3) is 0 Å². The Morgan fingerprint density at radius 1 is 1.15 bits per heavy atom. The minimum Gasteiger partial charge on any atom is -0.400 e. The van der Waals surface area contributed by atoms with Crippen molar-refractivity contribution in [2.24, 2.45) is 0 Å². The molecule has 0 atom stereocenters. The van der Waals surface area contributed by atoms with Gasteiger partial charge in [0, 0.05) is 31.3 Å². The van der Waals surface area contributed by atoms with Crippen molar-refractivity contribution in [1.29, 1.82) is 0 Å². The molecule has 0 spiro atoms. The molecule has 1 aromatic carbocycles. The van der Waals surface area contributed by atoms with Gasteiger partial charge in [0.15, 0.2) is 0 Å². The summed E-state index contributed by atoms with van der Waals surface area (Å²) in [6.07, 6.45) is 5.78. The van der Waals surface area contributed by atoms with Crippen LogP contribution in [0.4, 0.5) is 5.95 Å². The Kier molecular flexibility index (Phi) is 10.3. The fourth-order valence-electron chi connectivity index (χ4n) is 4.25. The molecule has 0 radical (unpaired) electrons.